The van der Waals surface area contributed by atoms with Crippen molar-refractivity contribution in [2.24, 2.45) is 0 Å². The quantitative estimate of drug-likeness (QED) is 0.718. The number of hydrogen-bond acceptors (Lipinski definition) is 4. The molecule has 0 bridgehead atoms. The maximum absolute atomic E-state index is 12.5. The highest BCUT2D eigenvalue weighted by Gasteiger charge is 2.26. The first kappa shape index (κ1) is 15.5. The van der Waals surface area contributed by atoms with Crippen molar-refractivity contribution in [1.82, 2.24) is 4.31 Å². The average Bonchev–Trinajstić information content (AvgIpc) is 2.43. The van der Waals surface area contributed by atoms with Gasteiger partial charge in [0.2, 0.25) is 10.0 Å². The highest BCUT2D eigenvalue weighted by Crippen LogP contribution is 2.30. The SMILES string of the molecule is C=CCN(CC)S(=O)(=O)c1cc(OC)ccc1OC. The molecule has 1 rings (SSSR count). The molecular weight excluding hydrogens is 266 g/mol. The molecule has 1 aromatic rings. The van der Waals surface area contributed by atoms with E-state index in [1.807, 2.05) is 0 Å². The molecule has 0 fully saturated rings. The van der Waals surface area contributed by atoms with Crippen LogP contribution >= 0.6 is 0 Å². The molecule has 0 saturated heterocycles. The highest BCUT2D eigenvalue weighted by molar-refractivity contribution is 7.89. The van der Waals surface area contributed by atoms with Crippen LogP contribution in [0.4, 0.5) is 0 Å². The molecule has 0 spiro atoms. The third kappa shape index (κ3) is 3.27. The van der Waals surface area contributed by atoms with E-state index >= 15 is 0 Å². The van der Waals surface area contributed by atoms with Gasteiger partial charge in [-0.3, -0.25) is 0 Å². The Kier molecular flexibility index (Phi) is 5.38. The number of methoxy groups -OCH3 is 2. The lowest BCUT2D eigenvalue weighted by Gasteiger charge is -2.20. The summed E-state index contributed by atoms with van der Waals surface area (Å²) in [6.07, 6.45) is 1.55. The van der Waals surface area contributed by atoms with Crippen LogP contribution in [0.5, 0.6) is 11.5 Å². The van der Waals surface area contributed by atoms with Gasteiger partial charge in [-0.05, 0) is 12.1 Å². The zero-order valence-corrected chi connectivity index (χ0v) is 12.2. The van der Waals surface area contributed by atoms with Crippen LogP contribution in [-0.4, -0.2) is 40.0 Å². The third-order valence-corrected chi connectivity index (χ3v) is 4.64. The largest absolute Gasteiger partial charge is 0.497 e. The highest BCUT2D eigenvalue weighted by atomic mass is 32.2. The van der Waals surface area contributed by atoms with E-state index in [4.69, 9.17) is 9.47 Å². The average molecular weight is 285 g/mol. The van der Waals surface area contributed by atoms with Crippen molar-refractivity contribution >= 4 is 10.0 Å². The van der Waals surface area contributed by atoms with Crippen molar-refractivity contribution in [1.29, 1.82) is 0 Å². The molecule has 0 aromatic heterocycles. The Hall–Kier alpha value is -1.53. The van der Waals surface area contributed by atoms with Gasteiger partial charge in [-0.15, -0.1) is 6.58 Å². The van der Waals surface area contributed by atoms with Crippen LogP contribution in [0.2, 0.25) is 0 Å². The number of nitrogens with zero attached hydrogens (tertiary/aromatic N) is 1. The van der Waals surface area contributed by atoms with Crippen LogP contribution in [0.3, 0.4) is 0 Å². The second-order valence-electron chi connectivity index (χ2n) is 3.76. The lowest BCUT2D eigenvalue weighted by Crippen LogP contribution is -2.31. The Morgan fingerprint density at radius 2 is 2.00 bits per heavy atom. The van der Waals surface area contributed by atoms with Gasteiger partial charge in [-0.2, -0.15) is 4.31 Å². The Morgan fingerprint density at radius 3 is 2.47 bits per heavy atom. The van der Waals surface area contributed by atoms with Crippen molar-refractivity contribution < 1.29 is 17.9 Å². The molecule has 0 saturated carbocycles. The molecule has 0 heterocycles. The van der Waals surface area contributed by atoms with Gasteiger partial charge in [0.15, 0.2) is 0 Å². The summed E-state index contributed by atoms with van der Waals surface area (Å²) in [5, 5.41) is 0. The van der Waals surface area contributed by atoms with Gasteiger partial charge in [-0.25, -0.2) is 8.42 Å². The molecule has 0 atom stereocenters. The molecule has 6 heteroatoms. The summed E-state index contributed by atoms with van der Waals surface area (Å²) >= 11 is 0. The minimum Gasteiger partial charge on any atom is -0.497 e. The molecule has 0 unspecified atom stereocenters. The van der Waals surface area contributed by atoms with E-state index in [2.05, 4.69) is 6.58 Å². The van der Waals surface area contributed by atoms with E-state index in [1.54, 1.807) is 25.1 Å². The smallest absolute Gasteiger partial charge is 0.247 e. The molecule has 0 aliphatic carbocycles. The summed E-state index contributed by atoms with van der Waals surface area (Å²) in [7, 11) is -0.711. The maximum atomic E-state index is 12.5. The first-order chi connectivity index (χ1) is 9.01. The maximum Gasteiger partial charge on any atom is 0.247 e. The first-order valence-corrected chi connectivity index (χ1v) is 7.28. The molecule has 0 amide bonds. The number of sulfonamides is 1. The van der Waals surface area contributed by atoms with E-state index < -0.39 is 10.0 Å². The van der Waals surface area contributed by atoms with Crippen LogP contribution in [0.1, 0.15) is 6.92 Å². The fraction of sp³-hybridized carbons (Fsp3) is 0.385. The van der Waals surface area contributed by atoms with Crippen molar-refractivity contribution in [2.75, 3.05) is 27.3 Å². The number of ether oxygens (including phenoxy) is 2. The third-order valence-electron chi connectivity index (χ3n) is 2.67. The number of rotatable bonds is 7. The van der Waals surface area contributed by atoms with E-state index in [0.717, 1.165) is 0 Å². The molecular formula is C13H19NO4S. The van der Waals surface area contributed by atoms with Gasteiger partial charge in [0.05, 0.1) is 14.2 Å². The van der Waals surface area contributed by atoms with Crippen LogP contribution < -0.4 is 9.47 Å². The monoisotopic (exact) mass is 285 g/mol. The fourth-order valence-electron chi connectivity index (χ4n) is 1.67. The summed E-state index contributed by atoms with van der Waals surface area (Å²) in [6, 6.07) is 4.69. The number of hydrogen-bond donors (Lipinski definition) is 0. The number of benzene rings is 1. The van der Waals surface area contributed by atoms with E-state index in [-0.39, 0.29) is 11.4 Å². The molecule has 0 N–H and O–H groups in total. The van der Waals surface area contributed by atoms with Gasteiger partial charge in [0.1, 0.15) is 16.4 Å². The van der Waals surface area contributed by atoms with Crippen molar-refractivity contribution in [3.05, 3.63) is 30.9 Å². The summed E-state index contributed by atoms with van der Waals surface area (Å²) < 4.78 is 36.6. The predicted molar refractivity (Wildman–Crippen MR) is 74.2 cm³/mol. The zero-order valence-electron chi connectivity index (χ0n) is 11.4. The predicted octanol–water partition coefficient (Wildman–Crippen LogP) is 1.90. The Balaban J connectivity index is 3.36. The van der Waals surface area contributed by atoms with Gasteiger partial charge in [0, 0.05) is 19.2 Å². The van der Waals surface area contributed by atoms with Crippen molar-refractivity contribution in [3.63, 3.8) is 0 Å². The second-order valence-corrected chi connectivity index (χ2v) is 5.67. The van der Waals surface area contributed by atoms with E-state index in [9.17, 15) is 8.42 Å². The van der Waals surface area contributed by atoms with Crippen LogP contribution in [0.25, 0.3) is 0 Å². The summed E-state index contributed by atoms with van der Waals surface area (Å²) in [5.74, 6) is 0.761. The van der Waals surface area contributed by atoms with E-state index in [1.165, 1.54) is 24.6 Å². The van der Waals surface area contributed by atoms with Crippen LogP contribution in [-0.2, 0) is 10.0 Å². The minimum atomic E-state index is -3.63. The zero-order chi connectivity index (χ0) is 14.5. The van der Waals surface area contributed by atoms with Crippen LogP contribution in [0, 0.1) is 0 Å². The second kappa shape index (κ2) is 6.58. The van der Waals surface area contributed by atoms with Crippen molar-refractivity contribution in [3.8, 4) is 11.5 Å². The Morgan fingerprint density at radius 1 is 1.32 bits per heavy atom. The lowest BCUT2D eigenvalue weighted by atomic mass is 10.3. The Labute approximate surface area is 114 Å². The summed E-state index contributed by atoms with van der Waals surface area (Å²) in [5.41, 5.74) is 0. The van der Waals surface area contributed by atoms with Crippen molar-refractivity contribution in [2.45, 2.75) is 11.8 Å². The van der Waals surface area contributed by atoms with Gasteiger partial charge < -0.3 is 9.47 Å². The summed E-state index contributed by atoms with van der Waals surface area (Å²) in [6.45, 7) is 5.95. The standard InChI is InChI=1S/C13H19NO4S/c1-5-9-14(6-2)19(15,16)13-10-11(17-3)7-8-12(13)18-4/h5,7-8,10H,1,6,9H2,2-4H3. The number of likely N-dealkylation sites (N-methyl/N-ethyl adjacent to an activating group) is 1. The molecule has 0 aliphatic rings. The Bertz CT molecular complexity index is 540. The minimum absolute atomic E-state index is 0.0954. The molecule has 1 aromatic carbocycles. The lowest BCUT2D eigenvalue weighted by molar-refractivity contribution is 0.387. The molecule has 5 nitrogen and oxygen atoms in total. The van der Waals surface area contributed by atoms with Gasteiger partial charge in [-0.1, -0.05) is 13.0 Å². The molecule has 106 valence electrons. The molecule has 19 heavy (non-hydrogen) atoms. The van der Waals surface area contributed by atoms with E-state index in [0.29, 0.717) is 18.0 Å². The van der Waals surface area contributed by atoms with Gasteiger partial charge >= 0.3 is 0 Å². The van der Waals surface area contributed by atoms with Crippen LogP contribution in [0.15, 0.2) is 35.7 Å². The topological polar surface area (TPSA) is 55.8 Å². The summed E-state index contributed by atoms with van der Waals surface area (Å²) in [4.78, 5) is 0.0954. The fourth-order valence-corrected chi connectivity index (χ4v) is 3.26. The molecule has 0 radical (unpaired) electrons. The van der Waals surface area contributed by atoms with Gasteiger partial charge in [0.25, 0.3) is 0 Å². The molecule has 0 aliphatic heterocycles. The first-order valence-electron chi connectivity index (χ1n) is 5.84. The normalized spacial score (nSPS) is 11.4.